The van der Waals surface area contributed by atoms with Crippen LogP contribution in [0.4, 0.5) is 10.5 Å². The highest BCUT2D eigenvalue weighted by molar-refractivity contribution is 5.91. The van der Waals surface area contributed by atoms with Gasteiger partial charge >= 0.3 is 6.03 Å². The molecule has 2 aromatic carbocycles. The Labute approximate surface area is 176 Å². The molecule has 0 aliphatic carbocycles. The van der Waals surface area contributed by atoms with E-state index < -0.39 is 6.04 Å². The molecule has 1 aromatic heterocycles. The monoisotopic (exact) mass is 408 g/mol. The standard InChI is InChI=1S/C23H28N4O3/c1-5-15-27(23(29)25-19-13-9-10-14-20(19)30-4)16(3)21-24-18-12-8-7-11-17(18)22(28)26(21)6-2/h7-14,16H,5-6,15H2,1-4H3,(H,25,29). The minimum absolute atomic E-state index is 0.0912. The Morgan fingerprint density at radius 3 is 2.57 bits per heavy atom. The zero-order valence-electron chi connectivity index (χ0n) is 17.9. The zero-order valence-corrected chi connectivity index (χ0v) is 17.9. The summed E-state index contributed by atoms with van der Waals surface area (Å²) in [6.07, 6.45) is 0.771. The summed E-state index contributed by atoms with van der Waals surface area (Å²) in [7, 11) is 1.57. The van der Waals surface area contributed by atoms with Gasteiger partial charge in [-0.3, -0.25) is 9.36 Å². The van der Waals surface area contributed by atoms with E-state index >= 15 is 0 Å². The number of aromatic nitrogens is 2. The van der Waals surface area contributed by atoms with Crippen molar-refractivity contribution >= 4 is 22.6 Å². The van der Waals surface area contributed by atoms with E-state index in [1.807, 2.05) is 51.1 Å². The van der Waals surface area contributed by atoms with Gasteiger partial charge in [0.15, 0.2) is 0 Å². The maximum atomic E-state index is 13.2. The number of para-hydroxylation sites is 3. The smallest absolute Gasteiger partial charge is 0.322 e. The minimum Gasteiger partial charge on any atom is -0.495 e. The lowest BCUT2D eigenvalue weighted by Gasteiger charge is -2.30. The van der Waals surface area contributed by atoms with Crippen molar-refractivity contribution in [3.8, 4) is 5.75 Å². The number of anilines is 1. The van der Waals surface area contributed by atoms with Gasteiger partial charge in [0.2, 0.25) is 0 Å². The molecule has 7 heteroatoms. The van der Waals surface area contributed by atoms with E-state index in [0.29, 0.717) is 41.3 Å². The van der Waals surface area contributed by atoms with Gasteiger partial charge in [0, 0.05) is 13.1 Å². The van der Waals surface area contributed by atoms with E-state index in [2.05, 4.69) is 5.32 Å². The number of rotatable bonds is 7. The number of urea groups is 1. The molecule has 1 atom stereocenters. The average molecular weight is 409 g/mol. The maximum Gasteiger partial charge on any atom is 0.322 e. The first kappa shape index (κ1) is 21.4. The van der Waals surface area contributed by atoms with E-state index in [9.17, 15) is 9.59 Å². The fourth-order valence-electron chi connectivity index (χ4n) is 3.60. The third-order valence-electron chi connectivity index (χ3n) is 5.12. The van der Waals surface area contributed by atoms with Crippen molar-refractivity contribution in [2.75, 3.05) is 19.0 Å². The van der Waals surface area contributed by atoms with E-state index in [-0.39, 0.29) is 11.6 Å². The first-order valence-corrected chi connectivity index (χ1v) is 10.2. The van der Waals surface area contributed by atoms with Crippen molar-refractivity contribution in [1.29, 1.82) is 0 Å². The van der Waals surface area contributed by atoms with Crippen LogP contribution in [0.15, 0.2) is 53.3 Å². The lowest BCUT2D eigenvalue weighted by molar-refractivity contribution is 0.188. The lowest BCUT2D eigenvalue weighted by Crippen LogP contribution is -2.40. The third kappa shape index (κ3) is 4.15. The molecule has 0 saturated carbocycles. The molecule has 0 radical (unpaired) electrons. The number of ether oxygens (including phenoxy) is 1. The Bertz CT molecular complexity index is 1090. The molecule has 1 N–H and O–H groups in total. The number of fused-ring (bicyclic) bond motifs is 1. The molecule has 30 heavy (non-hydrogen) atoms. The molecule has 1 heterocycles. The molecule has 0 spiro atoms. The SMILES string of the molecule is CCCN(C(=O)Nc1ccccc1OC)C(C)c1nc2ccccc2c(=O)n1CC. The van der Waals surface area contributed by atoms with Crippen LogP contribution in [0.5, 0.6) is 5.75 Å². The van der Waals surface area contributed by atoms with Crippen LogP contribution >= 0.6 is 0 Å². The van der Waals surface area contributed by atoms with Gasteiger partial charge < -0.3 is 15.0 Å². The molecule has 0 aliphatic rings. The van der Waals surface area contributed by atoms with Gasteiger partial charge in [0.05, 0.1) is 29.7 Å². The topological polar surface area (TPSA) is 76.5 Å². The molecular formula is C23H28N4O3. The average Bonchev–Trinajstić information content (AvgIpc) is 2.77. The van der Waals surface area contributed by atoms with E-state index in [1.165, 1.54) is 0 Å². The van der Waals surface area contributed by atoms with Gasteiger partial charge in [-0.05, 0) is 44.5 Å². The number of nitrogens with zero attached hydrogens (tertiary/aromatic N) is 3. The van der Waals surface area contributed by atoms with E-state index in [0.717, 1.165) is 6.42 Å². The number of hydrogen-bond donors (Lipinski definition) is 1. The summed E-state index contributed by atoms with van der Waals surface area (Å²) in [6, 6.07) is 13.9. The number of nitrogens with one attached hydrogen (secondary N) is 1. The fourth-order valence-corrected chi connectivity index (χ4v) is 3.60. The number of carbonyl (C=O) groups excluding carboxylic acids is 1. The molecule has 7 nitrogen and oxygen atoms in total. The Balaban J connectivity index is 2.00. The first-order chi connectivity index (χ1) is 14.5. The Kier molecular flexibility index (Phi) is 6.72. The Morgan fingerprint density at radius 1 is 1.17 bits per heavy atom. The summed E-state index contributed by atoms with van der Waals surface area (Å²) in [4.78, 5) is 32.6. The van der Waals surface area contributed by atoms with Crippen molar-refractivity contribution in [2.45, 2.75) is 39.8 Å². The molecule has 2 amide bonds. The van der Waals surface area contributed by atoms with Crippen LogP contribution in [0.1, 0.15) is 39.1 Å². The van der Waals surface area contributed by atoms with Crippen molar-refractivity contribution in [2.24, 2.45) is 0 Å². The van der Waals surface area contributed by atoms with Crippen LogP contribution in [-0.4, -0.2) is 34.1 Å². The molecule has 0 bridgehead atoms. The molecule has 158 valence electrons. The number of carbonyl (C=O) groups is 1. The van der Waals surface area contributed by atoms with Crippen LogP contribution in [0.25, 0.3) is 10.9 Å². The van der Waals surface area contributed by atoms with Gasteiger partial charge in [0.1, 0.15) is 11.6 Å². The predicted molar refractivity (Wildman–Crippen MR) is 119 cm³/mol. The van der Waals surface area contributed by atoms with Crippen LogP contribution < -0.4 is 15.6 Å². The molecule has 3 rings (SSSR count). The van der Waals surface area contributed by atoms with Crippen LogP contribution in [0, 0.1) is 0 Å². The van der Waals surface area contributed by atoms with Crippen LogP contribution in [0.2, 0.25) is 0 Å². The van der Waals surface area contributed by atoms with Crippen molar-refractivity contribution in [1.82, 2.24) is 14.5 Å². The summed E-state index contributed by atoms with van der Waals surface area (Å²) in [5, 5.41) is 3.51. The van der Waals surface area contributed by atoms with Gasteiger partial charge in [-0.1, -0.05) is 31.2 Å². The van der Waals surface area contributed by atoms with Gasteiger partial charge in [0.25, 0.3) is 5.56 Å². The van der Waals surface area contributed by atoms with Gasteiger partial charge in [-0.25, -0.2) is 9.78 Å². The molecule has 1 unspecified atom stereocenters. The van der Waals surface area contributed by atoms with Crippen LogP contribution in [0.3, 0.4) is 0 Å². The number of benzene rings is 2. The third-order valence-corrected chi connectivity index (χ3v) is 5.12. The number of methoxy groups -OCH3 is 1. The minimum atomic E-state index is -0.392. The van der Waals surface area contributed by atoms with E-state index in [4.69, 9.17) is 9.72 Å². The highest BCUT2D eigenvalue weighted by atomic mass is 16.5. The molecular weight excluding hydrogens is 380 g/mol. The van der Waals surface area contributed by atoms with Crippen molar-refractivity contribution < 1.29 is 9.53 Å². The largest absolute Gasteiger partial charge is 0.495 e. The van der Waals surface area contributed by atoms with Gasteiger partial charge in [-0.15, -0.1) is 0 Å². The number of amides is 2. The summed E-state index contributed by atoms with van der Waals surface area (Å²) in [5.41, 5.74) is 1.14. The summed E-state index contributed by atoms with van der Waals surface area (Å²) >= 11 is 0. The second-order valence-electron chi connectivity index (χ2n) is 7.04. The highest BCUT2D eigenvalue weighted by Gasteiger charge is 2.26. The van der Waals surface area contributed by atoms with E-state index in [1.54, 1.807) is 34.8 Å². The maximum absolute atomic E-state index is 13.2. The first-order valence-electron chi connectivity index (χ1n) is 10.2. The Morgan fingerprint density at radius 2 is 1.87 bits per heavy atom. The summed E-state index contributed by atoms with van der Waals surface area (Å²) in [5.74, 6) is 1.16. The van der Waals surface area contributed by atoms with Crippen molar-refractivity contribution in [3.05, 3.63) is 64.7 Å². The quantitative estimate of drug-likeness (QED) is 0.627. The summed E-state index contributed by atoms with van der Waals surface area (Å²) in [6.45, 7) is 6.82. The van der Waals surface area contributed by atoms with Crippen molar-refractivity contribution in [3.63, 3.8) is 0 Å². The fraction of sp³-hybridized carbons (Fsp3) is 0.348. The zero-order chi connectivity index (χ0) is 21.7. The van der Waals surface area contributed by atoms with Crippen LogP contribution in [-0.2, 0) is 6.54 Å². The molecule has 0 saturated heterocycles. The normalized spacial score (nSPS) is 11.9. The molecule has 0 aliphatic heterocycles. The predicted octanol–water partition coefficient (Wildman–Crippen LogP) is 4.43. The number of hydrogen-bond acceptors (Lipinski definition) is 4. The second kappa shape index (κ2) is 9.43. The highest BCUT2D eigenvalue weighted by Crippen LogP contribution is 2.26. The van der Waals surface area contributed by atoms with Gasteiger partial charge in [-0.2, -0.15) is 0 Å². The molecule has 0 fully saturated rings. The Hall–Kier alpha value is -3.35. The summed E-state index contributed by atoms with van der Waals surface area (Å²) < 4.78 is 6.99. The lowest BCUT2D eigenvalue weighted by atomic mass is 10.2. The second-order valence-corrected chi connectivity index (χ2v) is 7.04. The molecule has 3 aromatic rings.